The van der Waals surface area contributed by atoms with Gasteiger partial charge in [0.1, 0.15) is 10.9 Å². The Kier molecular flexibility index (Phi) is 4.72. The van der Waals surface area contributed by atoms with Crippen molar-refractivity contribution in [2.75, 3.05) is 6.54 Å². The summed E-state index contributed by atoms with van der Waals surface area (Å²) in [6.45, 7) is -0.543. The molecule has 0 saturated carbocycles. The molecule has 1 aliphatic rings. The van der Waals surface area contributed by atoms with Gasteiger partial charge in [-0.25, -0.2) is 9.18 Å². The first-order valence-corrected chi connectivity index (χ1v) is 6.68. The van der Waals surface area contributed by atoms with Crippen molar-refractivity contribution in [1.29, 1.82) is 0 Å². The van der Waals surface area contributed by atoms with Crippen molar-refractivity contribution in [2.24, 2.45) is 5.73 Å². The second-order valence-electron chi connectivity index (χ2n) is 4.64. The summed E-state index contributed by atoms with van der Waals surface area (Å²) in [5, 5.41) is 19.4. The molecule has 5 N–H and O–H groups in total. The van der Waals surface area contributed by atoms with Crippen molar-refractivity contribution < 1.29 is 28.9 Å². The summed E-state index contributed by atoms with van der Waals surface area (Å²) in [7, 11) is 0. The number of nitrogens with one attached hydrogen (secondary N) is 1. The van der Waals surface area contributed by atoms with Gasteiger partial charge in [-0.1, -0.05) is 12.2 Å². The van der Waals surface area contributed by atoms with E-state index in [0.717, 1.165) is 10.8 Å². The average Bonchev–Trinajstić information content (AvgIpc) is 2.92. The minimum atomic E-state index is -2.89. The van der Waals surface area contributed by atoms with Gasteiger partial charge in [-0.15, -0.1) is 0 Å². The third-order valence-corrected chi connectivity index (χ3v) is 3.38. The Labute approximate surface area is 128 Å². The lowest BCUT2D eigenvalue weighted by molar-refractivity contribution is -0.362. The van der Waals surface area contributed by atoms with Crippen LogP contribution in [-0.4, -0.2) is 44.4 Å². The molecule has 2 unspecified atom stereocenters. The van der Waals surface area contributed by atoms with E-state index in [4.69, 9.17) is 10.5 Å². The molecular formula is C11H14FN3O6S. The molecule has 122 valence electrons. The van der Waals surface area contributed by atoms with Crippen LogP contribution in [-0.2, 0) is 14.3 Å². The quantitative estimate of drug-likeness (QED) is 0.308. The first kappa shape index (κ1) is 16.7. The van der Waals surface area contributed by atoms with Crippen LogP contribution in [0.25, 0.3) is 0 Å². The molecule has 0 amide bonds. The van der Waals surface area contributed by atoms with Crippen LogP contribution in [0.5, 0.6) is 0 Å². The number of aromatic amines is 1. The van der Waals surface area contributed by atoms with Crippen molar-refractivity contribution in [1.82, 2.24) is 9.55 Å². The van der Waals surface area contributed by atoms with E-state index in [1.165, 1.54) is 0 Å². The van der Waals surface area contributed by atoms with Crippen molar-refractivity contribution in [3.8, 4) is 0 Å². The summed E-state index contributed by atoms with van der Waals surface area (Å²) in [5.41, 5.74) is 4.30. The minimum absolute atomic E-state index is 0.0548. The number of aromatic nitrogens is 2. The molecule has 9 nitrogen and oxygen atoms in total. The molecular weight excluding hydrogens is 321 g/mol. The third-order valence-electron chi connectivity index (χ3n) is 3.08. The molecule has 1 aliphatic heterocycles. The van der Waals surface area contributed by atoms with Crippen molar-refractivity contribution >= 4 is 18.2 Å². The van der Waals surface area contributed by atoms with E-state index in [2.05, 4.69) is 21.9 Å². The third kappa shape index (κ3) is 3.39. The van der Waals surface area contributed by atoms with E-state index in [-0.39, 0.29) is 17.5 Å². The Hall–Kier alpha value is -1.66. The lowest BCUT2D eigenvalue weighted by atomic mass is 10.2. The van der Waals surface area contributed by atoms with E-state index < -0.39 is 42.3 Å². The van der Waals surface area contributed by atoms with Crippen LogP contribution in [0.4, 0.5) is 4.39 Å². The van der Waals surface area contributed by atoms with Crippen LogP contribution in [0.15, 0.2) is 11.0 Å². The van der Waals surface area contributed by atoms with E-state index in [9.17, 15) is 24.2 Å². The lowest BCUT2D eigenvalue weighted by Gasteiger charge is -2.27. The number of aliphatic hydroxyl groups is 2. The Morgan fingerprint density at radius 1 is 1.64 bits per heavy atom. The maximum atomic E-state index is 13.4. The van der Waals surface area contributed by atoms with Crippen molar-refractivity contribution in [2.45, 2.75) is 31.1 Å². The van der Waals surface area contributed by atoms with Crippen LogP contribution in [0.2, 0.25) is 0 Å². The number of rotatable bonds is 4. The second-order valence-corrected chi connectivity index (χ2v) is 5.05. The number of hydrogen-bond acceptors (Lipinski definition) is 8. The summed E-state index contributed by atoms with van der Waals surface area (Å²) < 4.78 is 23.6. The number of esters is 1. The molecule has 0 spiro atoms. The Bertz CT molecular complexity index is 687. The van der Waals surface area contributed by atoms with E-state index in [0.29, 0.717) is 0 Å². The fourth-order valence-corrected chi connectivity index (χ4v) is 2.19. The number of nitrogens with two attached hydrogens (primary N) is 1. The number of hydrogen-bond donors (Lipinski definition) is 4. The largest absolute Gasteiger partial charge is 0.405 e. The van der Waals surface area contributed by atoms with E-state index in [1.54, 1.807) is 0 Å². The first-order valence-electron chi connectivity index (χ1n) is 6.27. The number of nitrogens with zero attached hydrogens (tertiary/aromatic N) is 1. The standard InChI is InChI=1S/C11H14FN3O6S/c12-5-4-15(10(17)14-9(5)22)7-2-1-6(20-7)11(18,19)21-8(16)3-13/h4,6-7,18-19H,1-3,13H2,(H,14,17,22). The molecule has 0 aliphatic carbocycles. The van der Waals surface area contributed by atoms with Gasteiger partial charge in [-0.3, -0.25) is 14.3 Å². The van der Waals surface area contributed by atoms with Gasteiger partial charge in [0, 0.05) is 0 Å². The van der Waals surface area contributed by atoms with Gasteiger partial charge in [0.05, 0.1) is 12.7 Å². The van der Waals surface area contributed by atoms with Gasteiger partial charge in [0.15, 0.2) is 11.9 Å². The van der Waals surface area contributed by atoms with Gasteiger partial charge in [0.2, 0.25) is 0 Å². The second kappa shape index (κ2) is 6.22. The van der Waals surface area contributed by atoms with Crippen LogP contribution >= 0.6 is 12.2 Å². The molecule has 11 heteroatoms. The number of carbonyl (C=O) groups excluding carboxylic acids is 1. The van der Waals surface area contributed by atoms with Crippen molar-refractivity contribution in [3.05, 3.63) is 27.1 Å². The van der Waals surface area contributed by atoms with Crippen LogP contribution in [0.1, 0.15) is 19.1 Å². The molecule has 0 radical (unpaired) electrons. The SMILES string of the molecule is NCC(=O)OC(O)(O)C1CCC(n2cc(F)c(=S)[nH]c2=O)O1. The minimum Gasteiger partial charge on any atom is -0.405 e. The number of carbonyl (C=O) groups is 1. The maximum Gasteiger partial charge on any atom is 0.352 e. The predicted octanol–water partition coefficient (Wildman–Crippen LogP) is -1.14. The predicted molar refractivity (Wildman–Crippen MR) is 71.3 cm³/mol. The maximum absolute atomic E-state index is 13.4. The summed E-state index contributed by atoms with van der Waals surface area (Å²) in [6, 6.07) is 0. The Morgan fingerprint density at radius 3 is 2.95 bits per heavy atom. The zero-order valence-corrected chi connectivity index (χ0v) is 12.0. The summed E-state index contributed by atoms with van der Waals surface area (Å²) in [6.07, 6.45) is -1.20. The van der Waals surface area contributed by atoms with Crippen LogP contribution < -0.4 is 11.4 Å². The molecule has 22 heavy (non-hydrogen) atoms. The molecule has 0 bridgehead atoms. The molecule has 1 aromatic heterocycles. The number of H-pyrrole nitrogens is 1. The fourth-order valence-electron chi connectivity index (χ4n) is 2.05. The highest BCUT2D eigenvalue weighted by atomic mass is 32.1. The molecule has 1 saturated heterocycles. The molecule has 2 rings (SSSR count). The zero-order valence-electron chi connectivity index (χ0n) is 11.2. The fraction of sp³-hybridized carbons (Fsp3) is 0.545. The highest BCUT2D eigenvalue weighted by molar-refractivity contribution is 7.71. The van der Waals surface area contributed by atoms with E-state index in [1.807, 2.05) is 0 Å². The first-order chi connectivity index (χ1) is 10.2. The van der Waals surface area contributed by atoms with Crippen molar-refractivity contribution in [3.63, 3.8) is 0 Å². The Balaban J connectivity index is 2.16. The van der Waals surface area contributed by atoms with E-state index >= 15 is 0 Å². The molecule has 1 aromatic rings. The highest BCUT2D eigenvalue weighted by Gasteiger charge is 2.45. The summed E-state index contributed by atoms with van der Waals surface area (Å²) >= 11 is 4.58. The summed E-state index contributed by atoms with van der Waals surface area (Å²) in [4.78, 5) is 24.9. The average molecular weight is 335 g/mol. The highest BCUT2D eigenvalue weighted by Crippen LogP contribution is 2.32. The monoisotopic (exact) mass is 335 g/mol. The number of ether oxygens (including phenoxy) is 2. The van der Waals surface area contributed by atoms with Gasteiger partial charge < -0.3 is 25.4 Å². The molecule has 2 heterocycles. The summed E-state index contributed by atoms with van der Waals surface area (Å²) in [5.74, 6) is -4.76. The lowest BCUT2D eigenvalue weighted by Crippen LogP contribution is -2.47. The van der Waals surface area contributed by atoms with Gasteiger partial charge in [0.25, 0.3) is 0 Å². The smallest absolute Gasteiger partial charge is 0.352 e. The molecule has 1 fully saturated rings. The normalized spacial score (nSPS) is 21.8. The van der Waals surface area contributed by atoms with Gasteiger partial charge in [-0.2, -0.15) is 0 Å². The number of halogens is 1. The topological polar surface area (TPSA) is 140 Å². The van der Waals surface area contributed by atoms with Crippen LogP contribution in [0, 0.1) is 10.5 Å². The molecule has 0 aromatic carbocycles. The Morgan fingerprint density at radius 2 is 2.32 bits per heavy atom. The molecule has 2 atom stereocenters. The van der Waals surface area contributed by atoms with Gasteiger partial charge >= 0.3 is 17.6 Å². The zero-order chi connectivity index (χ0) is 16.5. The van der Waals surface area contributed by atoms with Crippen LogP contribution in [0.3, 0.4) is 0 Å². The van der Waals surface area contributed by atoms with Gasteiger partial charge in [-0.05, 0) is 12.8 Å².